The monoisotopic (exact) mass is 463 g/mol. The Morgan fingerprint density at radius 1 is 1.03 bits per heavy atom. The van der Waals surface area contributed by atoms with Gasteiger partial charge in [-0.25, -0.2) is 4.79 Å². The van der Waals surface area contributed by atoms with Crippen LogP contribution in [0.2, 0.25) is 0 Å². The molecule has 0 fully saturated rings. The lowest BCUT2D eigenvalue weighted by Gasteiger charge is -2.18. The first-order valence-electron chi connectivity index (χ1n) is 9.80. The molecule has 1 heterocycles. The summed E-state index contributed by atoms with van der Waals surface area (Å²) in [5.74, 6) is 0.00579. The zero-order valence-electron chi connectivity index (χ0n) is 16.6. The lowest BCUT2D eigenvalue weighted by Crippen LogP contribution is -2.29. The summed E-state index contributed by atoms with van der Waals surface area (Å²) in [7, 11) is 0. The molecule has 30 heavy (non-hydrogen) atoms. The second-order valence-corrected chi connectivity index (χ2v) is 8.27. The second-order valence-electron chi connectivity index (χ2n) is 7.35. The molecular formula is C24H22BrN3O2. The largest absolute Gasteiger partial charge is 0.334 e. The summed E-state index contributed by atoms with van der Waals surface area (Å²) >= 11 is 3.39. The van der Waals surface area contributed by atoms with Crippen LogP contribution in [-0.4, -0.2) is 18.5 Å². The van der Waals surface area contributed by atoms with Crippen molar-refractivity contribution < 1.29 is 9.59 Å². The summed E-state index contributed by atoms with van der Waals surface area (Å²) < 4.78 is 0.900. The van der Waals surface area contributed by atoms with Crippen molar-refractivity contribution in [2.75, 3.05) is 16.8 Å². The molecule has 0 bridgehead atoms. The molecule has 0 atom stereocenters. The Hall–Kier alpha value is -3.12. The van der Waals surface area contributed by atoms with Crippen LogP contribution in [-0.2, 0) is 13.0 Å². The number of carbonyl (C=O) groups is 2. The molecular weight excluding hydrogens is 442 g/mol. The Kier molecular flexibility index (Phi) is 5.86. The van der Waals surface area contributed by atoms with Crippen LogP contribution >= 0.6 is 15.9 Å². The highest BCUT2D eigenvalue weighted by atomic mass is 79.9. The summed E-state index contributed by atoms with van der Waals surface area (Å²) in [6.07, 6.45) is 0.837. The van der Waals surface area contributed by atoms with Gasteiger partial charge in [0.15, 0.2) is 0 Å². The van der Waals surface area contributed by atoms with Crippen molar-refractivity contribution >= 4 is 39.2 Å². The maximum atomic E-state index is 13.0. The van der Waals surface area contributed by atoms with Gasteiger partial charge in [0.2, 0.25) is 0 Å². The van der Waals surface area contributed by atoms with Crippen molar-refractivity contribution in [3.8, 4) is 0 Å². The van der Waals surface area contributed by atoms with E-state index in [1.54, 1.807) is 0 Å². The number of anilines is 2. The van der Waals surface area contributed by atoms with Gasteiger partial charge in [0.05, 0.1) is 0 Å². The van der Waals surface area contributed by atoms with E-state index in [0.29, 0.717) is 24.3 Å². The molecule has 1 aliphatic heterocycles. The van der Waals surface area contributed by atoms with Gasteiger partial charge in [-0.1, -0.05) is 51.8 Å². The maximum absolute atomic E-state index is 13.0. The SMILES string of the molecule is Cc1ccc(C(=O)N2CCc3ccc(CNC(=O)Nc4cccc(Br)c4)cc32)cc1. The van der Waals surface area contributed by atoms with Crippen molar-refractivity contribution in [1.29, 1.82) is 0 Å². The van der Waals surface area contributed by atoms with Crippen molar-refractivity contribution in [3.63, 3.8) is 0 Å². The van der Waals surface area contributed by atoms with E-state index in [1.807, 2.05) is 78.6 Å². The Morgan fingerprint density at radius 2 is 1.83 bits per heavy atom. The van der Waals surface area contributed by atoms with Gasteiger partial charge in [0.1, 0.15) is 0 Å². The minimum atomic E-state index is -0.277. The summed E-state index contributed by atoms with van der Waals surface area (Å²) in [6.45, 7) is 3.05. The lowest BCUT2D eigenvalue weighted by atomic mass is 10.1. The van der Waals surface area contributed by atoms with Crippen molar-refractivity contribution in [1.82, 2.24) is 5.32 Å². The minimum Gasteiger partial charge on any atom is -0.334 e. The van der Waals surface area contributed by atoms with Crippen molar-refractivity contribution in [2.45, 2.75) is 19.9 Å². The number of benzene rings is 3. The zero-order valence-corrected chi connectivity index (χ0v) is 18.2. The molecule has 152 valence electrons. The van der Waals surface area contributed by atoms with Gasteiger partial charge in [-0.3, -0.25) is 4.79 Å². The average Bonchev–Trinajstić information content (AvgIpc) is 3.15. The van der Waals surface area contributed by atoms with E-state index >= 15 is 0 Å². The number of carbonyl (C=O) groups excluding carboxylic acids is 2. The smallest absolute Gasteiger partial charge is 0.319 e. The number of nitrogens with zero attached hydrogens (tertiary/aromatic N) is 1. The molecule has 3 aromatic rings. The molecule has 3 amide bonds. The Labute approximate surface area is 184 Å². The van der Waals surface area contributed by atoms with Gasteiger partial charge in [0, 0.05) is 34.5 Å². The fourth-order valence-corrected chi connectivity index (χ4v) is 3.92. The number of hydrogen-bond donors (Lipinski definition) is 2. The number of aryl methyl sites for hydroxylation is 1. The van der Waals surface area contributed by atoms with E-state index in [1.165, 1.54) is 0 Å². The summed E-state index contributed by atoms with van der Waals surface area (Å²) in [5, 5.41) is 5.69. The first-order valence-corrected chi connectivity index (χ1v) is 10.6. The third-order valence-electron chi connectivity index (χ3n) is 5.12. The van der Waals surface area contributed by atoms with Crippen molar-refractivity contribution in [3.05, 3.63) is 93.5 Å². The highest BCUT2D eigenvalue weighted by molar-refractivity contribution is 9.10. The van der Waals surface area contributed by atoms with Gasteiger partial charge in [-0.2, -0.15) is 0 Å². The molecule has 3 aromatic carbocycles. The van der Waals surface area contributed by atoms with Gasteiger partial charge >= 0.3 is 6.03 Å². The van der Waals surface area contributed by atoms with Crippen molar-refractivity contribution in [2.24, 2.45) is 0 Å². The number of halogens is 1. The van der Waals surface area contributed by atoms with E-state index in [4.69, 9.17) is 0 Å². The number of fused-ring (bicyclic) bond motifs is 1. The van der Waals surface area contributed by atoms with Crippen LogP contribution in [0.1, 0.15) is 27.0 Å². The third kappa shape index (κ3) is 4.54. The van der Waals surface area contributed by atoms with Crippen LogP contribution in [0, 0.1) is 6.92 Å². The molecule has 0 radical (unpaired) electrons. The molecule has 2 N–H and O–H groups in total. The van der Waals surface area contributed by atoms with Gasteiger partial charge in [-0.05, 0) is 60.9 Å². The molecule has 0 aliphatic carbocycles. The topological polar surface area (TPSA) is 61.4 Å². The van der Waals surface area contributed by atoms with E-state index in [2.05, 4.69) is 26.6 Å². The normalized spacial score (nSPS) is 12.4. The minimum absolute atomic E-state index is 0.00579. The number of rotatable bonds is 4. The van der Waals surface area contributed by atoms with Crippen LogP contribution in [0.4, 0.5) is 16.2 Å². The molecule has 1 aliphatic rings. The highest BCUT2D eigenvalue weighted by Gasteiger charge is 2.25. The Balaban J connectivity index is 1.43. The molecule has 0 spiro atoms. The molecule has 0 aromatic heterocycles. The van der Waals surface area contributed by atoms with E-state index in [0.717, 1.165) is 33.3 Å². The first-order chi connectivity index (χ1) is 14.5. The highest BCUT2D eigenvalue weighted by Crippen LogP contribution is 2.30. The number of urea groups is 1. The standard InChI is InChI=1S/C24H22BrN3O2/c1-16-5-8-19(9-6-16)23(29)28-12-11-18-10-7-17(13-22(18)28)15-26-24(30)27-21-4-2-3-20(25)14-21/h2-10,13-14H,11-12,15H2,1H3,(H2,26,27,30). The fraction of sp³-hybridized carbons (Fsp3) is 0.167. The molecule has 6 heteroatoms. The van der Waals surface area contributed by atoms with Crippen LogP contribution in [0.3, 0.4) is 0 Å². The zero-order chi connectivity index (χ0) is 21.1. The fourth-order valence-electron chi connectivity index (χ4n) is 3.52. The quantitative estimate of drug-likeness (QED) is 0.552. The molecule has 4 rings (SSSR count). The first kappa shape index (κ1) is 20.2. The summed E-state index contributed by atoms with van der Waals surface area (Å²) in [5.41, 5.74) is 5.55. The van der Waals surface area contributed by atoms with Crippen LogP contribution < -0.4 is 15.5 Å². The number of hydrogen-bond acceptors (Lipinski definition) is 2. The van der Waals surface area contributed by atoms with Gasteiger partial charge in [-0.15, -0.1) is 0 Å². The Bertz CT molecular complexity index is 1100. The summed E-state index contributed by atoms with van der Waals surface area (Å²) in [4.78, 5) is 27.0. The maximum Gasteiger partial charge on any atom is 0.319 e. The molecule has 0 unspecified atom stereocenters. The molecule has 0 saturated carbocycles. The van der Waals surface area contributed by atoms with E-state index < -0.39 is 0 Å². The molecule has 5 nitrogen and oxygen atoms in total. The number of amides is 3. The number of nitrogens with one attached hydrogen (secondary N) is 2. The third-order valence-corrected chi connectivity index (χ3v) is 5.62. The van der Waals surface area contributed by atoms with Crippen LogP contribution in [0.25, 0.3) is 0 Å². The average molecular weight is 464 g/mol. The summed E-state index contributed by atoms with van der Waals surface area (Å²) in [6, 6.07) is 20.8. The second kappa shape index (κ2) is 8.71. The van der Waals surface area contributed by atoms with Gasteiger partial charge in [0.25, 0.3) is 5.91 Å². The lowest BCUT2D eigenvalue weighted by molar-refractivity contribution is 0.0989. The van der Waals surface area contributed by atoms with E-state index in [9.17, 15) is 9.59 Å². The van der Waals surface area contributed by atoms with Gasteiger partial charge < -0.3 is 15.5 Å². The van der Waals surface area contributed by atoms with Crippen LogP contribution in [0.5, 0.6) is 0 Å². The molecule has 0 saturated heterocycles. The Morgan fingerprint density at radius 3 is 2.60 bits per heavy atom. The van der Waals surface area contributed by atoms with Crippen LogP contribution in [0.15, 0.2) is 71.2 Å². The predicted molar refractivity (Wildman–Crippen MR) is 123 cm³/mol. The predicted octanol–water partition coefficient (Wildman–Crippen LogP) is 5.28. The van der Waals surface area contributed by atoms with E-state index in [-0.39, 0.29) is 11.9 Å².